The van der Waals surface area contributed by atoms with Gasteiger partial charge in [-0.2, -0.15) is 0 Å². The van der Waals surface area contributed by atoms with E-state index in [2.05, 4.69) is 31.2 Å². The molecule has 0 aliphatic heterocycles. The maximum Gasteiger partial charge on any atom is 0.232 e. The van der Waals surface area contributed by atoms with Gasteiger partial charge in [-0.3, -0.25) is 4.79 Å². The highest BCUT2D eigenvalue weighted by Gasteiger charge is 2.11. The zero-order valence-corrected chi connectivity index (χ0v) is 16.1. The van der Waals surface area contributed by atoms with Crippen molar-refractivity contribution in [2.75, 3.05) is 5.32 Å². The number of hydrogen-bond donors (Lipinski definition) is 1. The van der Waals surface area contributed by atoms with Gasteiger partial charge in [0.1, 0.15) is 5.01 Å². The predicted octanol–water partition coefficient (Wildman–Crippen LogP) is 5.36. The van der Waals surface area contributed by atoms with Gasteiger partial charge in [-0.25, -0.2) is 9.97 Å². The van der Waals surface area contributed by atoms with Crippen molar-refractivity contribution in [2.45, 2.75) is 6.42 Å². The Kier molecular flexibility index (Phi) is 4.61. The minimum atomic E-state index is -0.106. The van der Waals surface area contributed by atoms with Gasteiger partial charge in [-0.15, -0.1) is 11.3 Å². The minimum absolute atomic E-state index is 0.106. The Bertz CT molecular complexity index is 1020. The molecule has 2 aromatic heterocycles. The monoisotopic (exact) mass is 429 g/mol. The van der Waals surface area contributed by atoms with Gasteiger partial charge < -0.3 is 5.32 Å². The lowest BCUT2D eigenvalue weighted by molar-refractivity contribution is -0.115. The van der Waals surface area contributed by atoms with Gasteiger partial charge in [0.05, 0.1) is 22.3 Å². The Morgan fingerprint density at radius 1 is 1.12 bits per heavy atom. The summed E-state index contributed by atoms with van der Waals surface area (Å²) in [4.78, 5) is 21.3. The third kappa shape index (κ3) is 3.78. The largest absolute Gasteiger partial charge is 0.302 e. The van der Waals surface area contributed by atoms with Crippen molar-refractivity contribution in [3.8, 4) is 10.6 Å². The normalized spacial score (nSPS) is 10.9. The number of fused-ring (bicyclic) bond motifs is 1. The first kappa shape index (κ1) is 16.4. The van der Waals surface area contributed by atoms with Crippen molar-refractivity contribution in [2.24, 2.45) is 0 Å². The van der Waals surface area contributed by atoms with E-state index in [1.165, 1.54) is 22.7 Å². The van der Waals surface area contributed by atoms with Crippen molar-refractivity contribution < 1.29 is 4.79 Å². The Labute approximate surface area is 160 Å². The van der Waals surface area contributed by atoms with E-state index < -0.39 is 0 Å². The average Bonchev–Trinajstić information content (AvgIpc) is 3.21. The summed E-state index contributed by atoms with van der Waals surface area (Å²) in [5.74, 6) is -0.106. The molecule has 7 heteroatoms. The van der Waals surface area contributed by atoms with Crippen LogP contribution in [0.4, 0.5) is 5.13 Å². The van der Waals surface area contributed by atoms with Crippen LogP contribution in [-0.4, -0.2) is 15.9 Å². The fourth-order valence-electron chi connectivity index (χ4n) is 2.40. The number of thiazole rings is 2. The fourth-order valence-corrected chi connectivity index (χ4v) is 4.49. The Balaban J connectivity index is 1.46. The van der Waals surface area contributed by atoms with Crippen LogP contribution in [0.5, 0.6) is 0 Å². The van der Waals surface area contributed by atoms with E-state index in [1.807, 2.05) is 53.9 Å². The number of nitrogens with one attached hydrogen (secondary N) is 1. The van der Waals surface area contributed by atoms with E-state index in [9.17, 15) is 4.79 Å². The topological polar surface area (TPSA) is 54.9 Å². The highest BCUT2D eigenvalue weighted by molar-refractivity contribution is 9.10. The number of benzene rings is 2. The molecule has 2 aromatic carbocycles. The van der Waals surface area contributed by atoms with Gasteiger partial charge in [0, 0.05) is 15.4 Å². The molecular weight excluding hydrogens is 418 g/mol. The second kappa shape index (κ2) is 7.03. The molecule has 0 aliphatic rings. The number of halogens is 1. The molecule has 4 rings (SSSR count). The number of rotatable bonds is 4. The number of carbonyl (C=O) groups excluding carboxylic acids is 1. The number of hydrogen-bond acceptors (Lipinski definition) is 5. The van der Waals surface area contributed by atoms with E-state index in [-0.39, 0.29) is 12.3 Å². The van der Waals surface area contributed by atoms with Crippen LogP contribution in [0, 0.1) is 0 Å². The molecule has 1 amide bonds. The lowest BCUT2D eigenvalue weighted by Gasteiger charge is -1.99. The predicted molar refractivity (Wildman–Crippen MR) is 107 cm³/mol. The fraction of sp³-hybridized carbons (Fsp3) is 0.0556. The van der Waals surface area contributed by atoms with Gasteiger partial charge in [0.2, 0.25) is 5.91 Å². The quantitative estimate of drug-likeness (QED) is 0.474. The Morgan fingerprint density at radius 2 is 2.00 bits per heavy atom. The summed E-state index contributed by atoms with van der Waals surface area (Å²) in [6.07, 6.45) is 0.237. The van der Waals surface area contributed by atoms with Crippen molar-refractivity contribution in [3.05, 3.63) is 64.1 Å². The van der Waals surface area contributed by atoms with Crippen LogP contribution in [-0.2, 0) is 11.2 Å². The third-order valence-corrected chi connectivity index (χ3v) is 5.89. The lowest BCUT2D eigenvalue weighted by atomic mass is 10.2. The number of para-hydroxylation sites is 1. The van der Waals surface area contributed by atoms with Crippen LogP contribution in [0.15, 0.2) is 58.4 Å². The van der Waals surface area contributed by atoms with Crippen LogP contribution in [0.25, 0.3) is 20.8 Å². The van der Waals surface area contributed by atoms with E-state index in [4.69, 9.17) is 0 Å². The van der Waals surface area contributed by atoms with Crippen LogP contribution >= 0.6 is 38.6 Å². The summed E-state index contributed by atoms with van der Waals surface area (Å²) < 4.78 is 2.07. The molecule has 0 atom stereocenters. The van der Waals surface area contributed by atoms with Gasteiger partial charge in [0.15, 0.2) is 5.13 Å². The van der Waals surface area contributed by atoms with Crippen LogP contribution < -0.4 is 5.32 Å². The molecule has 4 aromatic rings. The van der Waals surface area contributed by atoms with Crippen molar-refractivity contribution in [1.29, 1.82) is 0 Å². The third-order valence-electron chi connectivity index (χ3n) is 3.51. The first-order valence-corrected chi connectivity index (χ1v) is 10.0. The summed E-state index contributed by atoms with van der Waals surface area (Å²) in [6.45, 7) is 0. The molecule has 2 heterocycles. The summed E-state index contributed by atoms with van der Waals surface area (Å²) in [5.41, 5.74) is 2.70. The molecule has 0 saturated heterocycles. The summed E-state index contributed by atoms with van der Waals surface area (Å²) in [7, 11) is 0. The van der Waals surface area contributed by atoms with Crippen LogP contribution in [0.1, 0.15) is 5.69 Å². The number of carbonyl (C=O) groups is 1. The summed E-state index contributed by atoms with van der Waals surface area (Å²) in [6, 6.07) is 15.8. The van der Waals surface area contributed by atoms with E-state index in [1.54, 1.807) is 0 Å². The molecule has 0 unspecified atom stereocenters. The highest BCUT2D eigenvalue weighted by Crippen LogP contribution is 2.27. The average molecular weight is 430 g/mol. The molecule has 0 radical (unpaired) electrons. The Hall–Kier alpha value is -2.09. The summed E-state index contributed by atoms with van der Waals surface area (Å²) in [5, 5.41) is 6.31. The van der Waals surface area contributed by atoms with Crippen molar-refractivity contribution in [1.82, 2.24) is 9.97 Å². The van der Waals surface area contributed by atoms with Gasteiger partial charge in [-0.05, 0) is 24.3 Å². The molecule has 0 aliphatic carbocycles. The van der Waals surface area contributed by atoms with E-state index >= 15 is 0 Å². The first-order chi connectivity index (χ1) is 12.2. The SMILES string of the molecule is O=C(Cc1csc(-c2cccc(Br)c2)n1)Nc1nc2ccccc2s1. The maximum atomic E-state index is 12.3. The zero-order chi connectivity index (χ0) is 17.2. The molecule has 0 fully saturated rings. The second-order valence-electron chi connectivity index (χ2n) is 5.37. The molecule has 1 N–H and O–H groups in total. The minimum Gasteiger partial charge on any atom is -0.302 e. The lowest BCUT2D eigenvalue weighted by Crippen LogP contribution is -2.14. The Morgan fingerprint density at radius 3 is 2.84 bits per heavy atom. The number of amides is 1. The molecule has 25 heavy (non-hydrogen) atoms. The van der Waals surface area contributed by atoms with Gasteiger partial charge in [-0.1, -0.05) is 51.5 Å². The zero-order valence-electron chi connectivity index (χ0n) is 12.9. The van der Waals surface area contributed by atoms with Crippen LogP contribution in [0.2, 0.25) is 0 Å². The van der Waals surface area contributed by atoms with Crippen molar-refractivity contribution >= 4 is 59.9 Å². The van der Waals surface area contributed by atoms with E-state index in [0.29, 0.717) is 5.13 Å². The first-order valence-electron chi connectivity index (χ1n) is 7.53. The molecule has 4 nitrogen and oxygen atoms in total. The number of aromatic nitrogens is 2. The second-order valence-corrected chi connectivity index (χ2v) is 8.17. The highest BCUT2D eigenvalue weighted by atomic mass is 79.9. The molecular formula is C18H12BrN3OS2. The molecule has 0 spiro atoms. The molecule has 0 bridgehead atoms. The molecule has 124 valence electrons. The maximum absolute atomic E-state index is 12.3. The summed E-state index contributed by atoms with van der Waals surface area (Å²) >= 11 is 6.48. The number of anilines is 1. The standard InChI is InChI=1S/C18H12BrN3OS2/c19-12-5-3-4-11(8-12)17-20-13(10-24-17)9-16(23)22-18-21-14-6-1-2-7-15(14)25-18/h1-8,10H,9H2,(H,21,22,23). The molecule has 0 saturated carbocycles. The van der Waals surface area contributed by atoms with Gasteiger partial charge >= 0.3 is 0 Å². The smallest absolute Gasteiger partial charge is 0.232 e. The van der Waals surface area contributed by atoms with Crippen LogP contribution in [0.3, 0.4) is 0 Å². The van der Waals surface area contributed by atoms with Gasteiger partial charge in [0.25, 0.3) is 0 Å². The van der Waals surface area contributed by atoms with E-state index in [0.717, 1.165) is 31.0 Å². The number of nitrogens with zero attached hydrogens (tertiary/aromatic N) is 2. The van der Waals surface area contributed by atoms with Crippen molar-refractivity contribution in [3.63, 3.8) is 0 Å².